The van der Waals surface area contributed by atoms with E-state index in [1.54, 1.807) is 17.0 Å². The van der Waals surface area contributed by atoms with Gasteiger partial charge >= 0.3 is 0 Å². The van der Waals surface area contributed by atoms with E-state index in [1.807, 2.05) is 42.5 Å². The zero-order valence-electron chi connectivity index (χ0n) is 14.4. The van der Waals surface area contributed by atoms with E-state index >= 15 is 0 Å². The standard InChI is InChI=1S/C22H19FN2O/c1-15(16-7-3-2-4-8-16)21-24-20-10-6-5-9-19(20)22(26)25(21)18-13-11-17(23)12-14-18/h2-15,21,24H,1H3/t15-,21+/m0/s1. The van der Waals surface area contributed by atoms with Crippen molar-refractivity contribution in [2.45, 2.75) is 19.0 Å². The fourth-order valence-corrected chi connectivity index (χ4v) is 3.44. The van der Waals surface area contributed by atoms with Crippen LogP contribution in [0.5, 0.6) is 0 Å². The number of amides is 1. The fraction of sp³-hybridized carbons (Fsp3) is 0.136. The second kappa shape index (κ2) is 6.64. The third-order valence-electron chi connectivity index (χ3n) is 4.86. The minimum absolute atomic E-state index is 0.0403. The molecule has 26 heavy (non-hydrogen) atoms. The van der Waals surface area contributed by atoms with Crippen LogP contribution in [0.4, 0.5) is 15.8 Å². The van der Waals surface area contributed by atoms with Gasteiger partial charge in [0, 0.05) is 17.3 Å². The smallest absolute Gasteiger partial charge is 0.262 e. The van der Waals surface area contributed by atoms with Crippen molar-refractivity contribution in [3.63, 3.8) is 0 Å². The lowest BCUT2D eigenvalue weighted by atomic mass is 9.93. The molecule has 1 N–H and O–H groups in total. The third kappa shape index (κ3) is 2.84. The molecule has 3 aromatic rings. The summed E-state index contributed by atoms with van der Waals surface area (Å²) >= 11 is 0. The number of anilines is 2. The van der Waals surface area contributed by atoms with Crippen molar-refractivity contribution in [3.8, 4) is 0 Å². The molecule has 1 amide bonds. The van der Waals surface area contributed by atoms with Crippen molar-refractivity contribution in [2.24, 2.45) is 0 Å². The maximum absolute atomic E-state index is 13.4. The van der Waals surface area contributed by atoms with Crippen LogP contribution < -0.4 is 10.2 Å². The first-order valence-electron chi connectivity index (χ1n) is 8.65. The molecule has 0 aromatic heterocycles. The lowest BCUT2D eigenvalue weighted by Gasteiger charge is -2.41. The van der Waals surface area contributed by atoms with E-state index in [4.69, 9.17) is 0 Å². The number of rotatable bonds is 3. The van der Waals surface area contributed by atoms with Crippen LogP contribution in [0.25, 0.3) is 0 Å². The zero-order chi connectivity index (χ0) is 18.1. The maximum atomic E-state index is 13.4. The molecule has 0 unspecified atom stereocenters. The van der Waals surface area contributed by atoms with Gasteiger partial charge in [-0.25, -0.2) is 4.39 Å². The summed E-state index contributed by atoms with van der Waals surface area (Å²) in [5, 5.41) is 3.50. The molecule has 1 aliphatic rings. The highest BCUT2D eigenvalue weighted by Crippen LogP contribution is 2.35. The topological polar surface area (TPSA) is 32.3 Å². The SMILES string of the molecule is C[C@@H](c1ccccc1)[C@@H]1Nc2ccccc2C(=O)N1c1ccc(F)cc1. The lowest BCUT2D eigenvalue weighted by Crippen LogP contribution is -2.51. The molecule has 1 aliphatic heterocycles. The van der Waals surface area contributed by atoms with Gasteiger partial charge in [0.1, 0.15) is 12.0 Å². The first-order chi connectivity index (χ1) is 12.6. The summed E-state index contributed by atoms with van der Waals surface area (Å²) < 4.78 is 13.4. The highest BCUT2D eigenvalue weighted by atomic mass is 19.1. The first-order valence-corrected chi connectivity index (χ1v) is 8.65. The fourth-order valence-electron chi connectivity index (χ4n) is 3.44. The Bertz CT molecular complexity index is 924. The summed E-state index contributed by atoms with van der Waals surface area (Å²) in [5.41, 5.74) is 3.24. The lowest BCUT2D eigenvalue weighted by molar-refractivity contribution is 0.0972. The second-order valence-corrected chi connectivity index (χ2v) is 6.49. The Morgan fingerprint density at radius 2 is 1.58 bits per heavy atom. The minimum Gasteiger partial charge on any atom is -0.364 e. The van der Waals surface area contributed by atoms with Gasteiger partial charge in [0.2, 0.25) is 0 Å². The molecular formula is C22H19FN2O. The van der Waals surface area contributed by atoms with Gasteiger partial charge in [-0.15, -0.1) is 0 Å². The maximum Gasteiger partial charge on any atom is 0.262 e. The van der Waals surface area contributed by atoms with Crippen LogP contribution in [0.3, 0.4) is 0 Å². The summed E-state index contributed by atoms with van der Waals surface area (Å²) in [6.45, 7) is 2.09. The van der Waals surface area contributed by atoms with Crippen LogP contribution in [0.15, 0.2) is 78.9 Å². The molecule has 0 bridgehead atoms. The Labute approximate surface area is 152 Å². The molecule has 4 rings (SSSR count). The van der Waals surface area contributed by atoms with Crippen molar-refractivity contribution < 1.29 is 9.18 Å². The molecule has 0 saturated carbocycles. The van der Waals surface area contributed by atoms with E-state index in [2.05, 4.69) is 24.4 Å². The van der Waals surface area contributed by atoms with Crippen molar-refractivity contribution in [1.29, 1.82) is 0 Å². The molecule has 0 spiro atoms. The Kier molecular flexibility index (Phi) is 4.17. The number of fused-ring (bicyclic) bond motifs is 1. The monoisotopic (exact) mass is 346 g/mol. The first kappa shape index (κ1) is 16.3. The van der Waals surface area contributed by atoms with Gasteiger partial charge in [-0.2, -0.15) is 0 Å². The highest BCUT2D eigenvalue weighted by molar-refractivity contribution is 6.12. The molecule has 0 saturated heterocycles. The van der Waals surface area contributed by atoms with Gasteiger partial charge in [0.25, 0.3) is 5.91 Å². The number of hydrogen-bond donors (Lipinski definition) is 1. The molecular weight excluding hydrogens is 327 g/mol. The van der Waals surface area contributed by atoms with Gasteiger partial charge in [0.05, 0.1) is 5.56 Å². The largest absolute Gasteiger partial charge is 0.364 e. The predicted octanol–water partition coefficient (Wildman–Crippen LogP) is 5.03. The molecule has 0 aliphatic carbocycles. The van der Waals surface area contributed by atoms with Crippen molar-refractivity contribution in [1.82, 2.24) is 0 Å². The zero-order valence-corrected chi connectivity index (χ0v) is 14.4. The van der Waals surface area contributed by atoms with Crippen LogP contribution in [0, 0.1) is 5.82 Å². The normalized spacial score (nSPS) is 17.4. The van der Waals surface area contributed by atoms with Crippen molar-refractivity contribution >= 4 is 17.3 Å². The van der Waals surface area contributed by atoms with Crippen LogP contribution in [-0.4, -0.2) is 12.1 Å². The number of carbonyl (C=O) groups excluding carboxylic acids is 1. The number of halogens is 1. The van der Waals surface area contributed by atoms with E-state index in [0.29, 0.717) is 11.3 Å². The van der Waals surface area contributed by atoms with Crippen LogP contribution in [0.2, 0.25) is 0 Å². The molecule has 0 radical (unpaired) electrons. The molecule has 3 nitrogen and oxygen atoms in total. The van der Waals surface area contributed by atoms with Crippen LogP contribution in [-0.2, 0) is 0 Å². The van der Waals surface area contributed by atoms with E-state index in [9.17, 15) is 9.18 Å². The molecule has 3 aromatic carbocycles. The van der Waals surface area contributed by atoms with Gasteiger partial charge in [0.15, 0.2) is 0 Å². The summed E-state index contributed by atoms with van der Waals surface area (Å²) in [5.74, 6) is -0.364. The summed E-state index contributed by atoms with van der Waals surface area (Å²) in [6, 6.07) is 23.6. The Morgan fingerprint density at radius 3 is 2.31 bits per heavy atom. The van der Waals surface area contributed by atoms with E-state index in [-0.39, 0.29) is 23.8 Å². The number of nitrogens with one attached hydrogen (secondary N) is 1. The molecule has 130 valence electrons. The summed E-state index contributed by atoms with van der Waals surface area (Å²) in [7, 11) is 0. The average molecular weight is 346 g/mol. The number of carbonyl (C=O) groups is 1. The minimum atomic E-state index is -0.320. The van der Waals surface area contributed by atoms with Gasteiger partial charge in [-0.1, -0.05) is 49.4 Å². The Hall–Kier alpha value is -3.14. The number of benzene rings is 3. The second-order valence-electron chi connectivity index (χ2n) is 6.49. The number of hydrogen-bond acceptors (Lipinski definition) is 2. The predicted molar refractivity (Wildman–Crippen MR) is 102 cm³/mol. The van der Waals surface area contributed by atoms with Gasteiger partial charge in [-0.3, -0.25) is 9.69 Å². The van der Waals surface area contributed by atoms with Crippen LogP contribution in [0.1, 0.15) is 28.8 Å². The van der Waals surface area contributed by atoms with E-state index < -0.39 is 0 Å². The molecule has 2 atom stereocenters. The highest BCUT2D eigenvalue weighted by Gasteiger charge is 2.36. The van der Waals surface area contributed by atoms with Gasteiger partial charge in [-0.05, 0) is 42.0 Å². The van der Waals surface area contributed by atoms with Crippen molar-refractivity contribution in [2.75, 3.05) is 10.2 Å². The van der Waals surface area contributed by atoms with Crippen LogP contribution >= 0.6 is 0 Å². The van der Waals surface area contributed by atoms with E-state index in [0.717, 1.165) is 11.3 Å². The Morgan fingerprint density at radius 1 is 0.923 bits per heavy atom. The van der Waals surface area contributed by atoms with Crippen molar-refractivity contribution in [3.05, 3.63) is 95.8 Å². The summed E-state index contributed by atoms with van der Waals surface area (Å²) in [4.78, 5) is 15.0. The molecule has 0 fully saturated rings. The average Bonchev–Trinajstić information content (AvgIpc) is 2.69. The van der Waals surface area contributed by atoms with E-state index in [1.165, 1.54) is 12.1 Å². The molecule has 4 heteroatoms. The number of para-hydroxylation sites is 1. The third-order valence-corrected chi connectivity index (χ3v) is 4.86. The quantitative estimate of drug-likeness (QED) is 0.721. The summed E-state index contributed by atoms with van der Waals surface area (Å²) in [6.07, 6.45) is -0.273. The Balaban J connectivity index is 1.81. The number of nitrogens with zero attached hydrogens (tertiary/aromatic N) is 1. The molecule has 1 heterocycles. The van der Waals surface area contributed by atoms with Gasteiger partial charge < -0.3 is 5.32 Å².